The Morgan fingerprint density at radius 3 is 2.96 bits per heavy atom. The fourth-order valence-electron chi connectivity index (χ4n) is 3.07. The Morgan fingerprint density at radius 2 is 2.16 bits per heavy atom. The van der Waals surface area contributed by atoms with Crippen LogP contribution in [-0.4, -0.2) is 39.3 Å². The topological polar surface area (TPSA) is 69.6 Å². The molecular formula is C18H20N2O3S2. The first-order chi connectivity index (χ1) is 12.1. The van der Waals surface area contributed by atoms with Gasteiger partial charge in [0, 0.05) is 31.1 Å². The summed E-state index contributed by atoms with van der Waals surface area (Å²) in [6, 6.07) is 8.14. The van der Waals surface area contributed by atoms with E-state index in [1.54, 1.807) is 4.90 Å². The van der Waals surface area contributed by atoms with E-state index in [-0.39, 0.29) is 18.2 Å². The van der Waals surface area contributed by atoms with Crippen molar-refractivity contribution >= 4 is 45.9 Å². The van der Waals surface area contributed by atoms with E-state index in [1.165, 1.54) is 17.3 Å². The molecule has 0 aliphatic carbocycles. The first-order valence-corrected chi connectivity index (χ1v) is 9.59. The van der Waals surface area contributed by atoms with Gasteiger partial charge in [-0.1, -0.05) is 54.7 Å². The van der Waals surface area contributed by atoms with Crippen molar-refractivity contribution < 1.29 is 14.7 Å². The van der Waals surface area contributed by atoms with Crippen LogP contribution in [0.4, 0.5) is 5.69 Å². The van der Waals surface area contributed by atoms with E-state index in [0.29, 0.717) is 22.2 Å². The molecule has 132 valence electrons. The molecule has 1 saturated heterocycles. The largest absolute Gasteiger partial charge is 0.481 e. The Bertz CT molecular complexity index is 733. The summed E-state index contributed by atoms with van der Waals surface area (Å²) in [5.74, 6) is -0.627. The second kappa shape index (κ2) is 8.01. The molecule has 3 rings (SSSR count). The molecule has 0 radical (unpaired) electrons. The van der Waals surface area contributed by atoms with Crippen molar-refractivity contribution in [3.8, 4) is 0 Å². The zero-order valence-electron chi connectivity index (χ0n) is 13.7. The number of carboxylic acids is 1. The van der Waals surface area contributed by atoms with E-state index in [4.69, 9.17) is 17.3 Å². The number of anilines is 1. The highest BCUT2D eigenvalue weighted by molar-refractivity contribution is 8.26. The Labute approximate surface area is 156 Å². The van der Waals surface area contributed by atoms with Gasteiger partial charge in [0.1, 0.15) is 4.32 Å². The molecule has 25 heavy (non-hydrogen) atoms. The summed E-state index contributed by atoms with van der Waals surface area (Å²) >= 11 is 6.71. The molecule has 1 aromatic carbocycles. The van der Waals surface area contributed by atoms with E-state index in [1.807, 2.05) is 24.3 Å². The molecule has 0 aromatic heterocycles. The van der Waals surface area contributed by atoms with Gasteiger partial charge in [-0.3, -0.25) is 14.5 Å². The van der Waals surface area contributed by atoms with E-state index >= 15 is 0 Å². The molecule has 2 aliphatic rings. The number of aliphatic carboxylic acids is 1. The lowest BCUT2D eigenvalue weighted by atomic mass is 10.0. The second-order valence-corrected chi connectivity index (χ2v) is 7.81. The SMILES string of the molecule is O=C(O)CCCCCN1C(=O)/C(=C/C2CNc3ccccc32)SC1=S. The molecule has 1 atom stereocenters. The number of nitrogens with one attached hydrogen (secondary N) is 1. The molecule has 2 heterocycles. The predicted molar refractivity (Wildman–Crippen MR) is 104 cm³/mol. The van der Waals surface area contributed by atoms with Gasteiger partial charge >= 0.3 is 5.97 Å². The maximum absolute atomic E-state index is 12.6. The summed E-state index contributed by atoms with van der Waals surface area (Å²) in [6.07, 6.45) is 4.36. The third kappa shape index (κ3) is 4.22. The van der Waals surface area contributed by atoms with Crippen molar-refractivity contribution in [1.29, 1.82) is 0 Å². The standard InChI is InChI=1S/C18H20N2O3S2/c21-16(22)8-2-1-5-9-20-17(23)15(25-18(20)24)10-12-11-19-14-7-4-3-6-13(12)14/h3-4,6-7,10,12,19H,1-2,5,8-9,11H2,(H,21,22)/b15-10-. The Morgan fingerprint density at radius 1 is 1.36 bits per heavy atom. The van der Waals surface area contributed by atoms with Crippen LogP contribution in [0.25, 0.3) is 0 Å². The van der Waals surface area contributed by atoms with Crippen LogP contribution in [-0.2, 0) is 9.59 Å². The van der Waals surface area contributed by atoms with Crippen LogP contribution in [0.1, 0.15) is 37.2 Å². The van der Waals surface area contributed by atoms with Crippen LogP contribution >= 0.6 is 24.0 Å². The van der Waals surface area contributed by atoms with Gasteiger partial charge in [-0.05, 0) is 24.5 Å². The maximum atomic E-state index is 12.6. The molecule has 2 N–H and O–H groups in total. The monoisotopic (exact) mass is 376 g/mol. The van der Waals surface area contributed by atoms with Gasteiger partial charge in [-0.2, -0.15) is 0 Å². The van der Waals surface area contributed by atoms with Crippen molar-refractivity contribution in [1.82, 2.24) is 4.90 Å². The van der Waals surface area contributed by atoms with Gasteiger partial charge in [0.15, 0.2) is 0 Å². The number of carboxylic acid groups (broad SMARTS) is 1. The van der Waals surface area contributed by atoms with E-state index < -0.39 is 5.97 Å². The van der Waals surface area contributed by atoms with Gasteiger partial charge in [0.2, 0.25) is 0 Å². The number of rotatable bonds is 7. The minimum absolute atomic E-state index is 0.0300. The van der Waals surface area contributed by atoms with Crippen molar-refractivity contribution in [2.45, 2.75) is 31.6 Å². The van der Waals surface area contributed by atoms with Crippen LogP contribution < -0.4 is 5.32 Å². The molecule has 2 aliphatic heterocycles. The number of thioether (sulfide) groups is 1. The molecule has 7 heteroatoms. The highest BCUT2D eigenvalue weighted by atomic mass is 32.2. The van der Waals surface area contributed by atoms with Gasteiger partial charge in [-0.25, -0.2) is 0 Å². The predicted octanol–water partition coefficient (Wildman–Crippen LogP) is 3.58. The molecule has 0 bridgehead atoms. The van der Waals surface area contributed by atoms with E-state index in [9.17, 15) is 9.59 Å². The normalized spacial score (nSPS) is 20.9. The fourth-order valence-corrected chi connectivity index (χ4v) is 4.42. The minimum atomic E-state index is -0.779. The van der Waals surface area contributed by atoms with Gasteiger partial charge < -0.3 is 10.4 Å². The number of carbonyl (C=O) groups excluding carboxylic acids is 1. The average Bonchev–Trinajstić information content (AvgIpc) is 3.10. The average molecular weight is 377 g/mol. The molecule has 1 aromatic rings. The zero-order valence-corrected chi connectivity index (χ0v) is 15.4. The minimum Gasteiger partial charge on any atom is -0.481 e. The second-order valence-electron chi connectivity index (χ2n) is 6.13. The number of thiocarbonyl (C=S) groups is 1. The number of carbonyl (C=O) groups is 2. The number of benzene rings is 1. The van der Waals surface area contributed by atoms with Crippen molar-refractivity contribution in [3.63, 3.8) is 0 Å². The number of unbranched alkanes of at least 4 members (excludes halogenated alkanes) is 2. The van der Waals surface area contributed by atoms with Crippen molar-refractivity contribution in [3.05, 3.63) is 40.8 Å². The molecule has 0 spiro atoms. The number of hydrogen-bond acceptors (Lipinski definition) is 5. The molecule has 1 unspecified atom stereocenters. The fraction of sp³-hybridized carbons (Fsp3) is 0.389. The van der Waals surface area contributed by atoms with Crippen molar-refractivity contribution in [2.75, 3.05) is 18.4 Å². The number of hydrogen-bond donors (Lipinski definition) is 2. The number of fused-ring (bicyclic) bond motifs is 1. The molecule has 1 amide bonds. The first-order valence-electron chi connectivity index (χ1n) is 8.36. The summed E-state index contributed by atoms with van der Waals surface area (Å²) in [6.45, 7) is 1.35. The van der Waals surface area contributed by atoms with E-state index in [2.05, 4.69) is 11.4 Å². The number of amides is 1. The number of para-hydroxylation sites is 1. The molecule has 5 nitrogen and oxygen atoms in total. The number of nitrogens with zero attached hydrogens (tertiary/aromatic N) is 1. The van der Waals surface area contributed by atoms with Crippen molar-refractivity contribution in [2.24, 2.45) is 0 Å². The summed E-state index contributed by atoms with van der Waals surface area (Å²) < 4.78 is 0.591. The Balaban J connectivity index is 1.59. The molecular weight excluding hydrogens is 356 g/mol. The van der Waals surface area contributed by atoms with Crippen LogP contribution in [0.5, 0.6) is 0 Å². The van der Waals surface area contributed by atoms with Crippen LogP contribution in [0.15, 0.2) is 35.2 Å². The van der Waals surface area contributed by atoms with Gasteiger partial charge in [-0.15, -0.1) is 0 Å². The quantitative estimate of drug-likeness (QED) is 0.431. The van der Waals surface area contributed by atoms with Crippen LogP contribution in [0.3, 0.4) is 0 Å². The van der Waals surface area contributed by atoms with Crippen LogP contribution in [0, 0.1) is 0 Å². The summed E-state index contributed by atoms with van der Waals surface area (Å²) in [4.78, 5) is 25.5. The highest BCUT2D eigenvalue weighted by Crippen LogP contribution is 2.37. The van der Waals surface area contributed by atoms with E-state index in [0.717, 1.165) is 25.1 Å². The summed E-state index contributed by atoms with van der Waals surface area (Å²) in [5.41, 5.74) is 2.33. The third-order valence-corrected chi connectivity index (χ3v) is 5.77. The molecule has 0 saturated carbocycles. The first kappa shape index (κ1) is 17.9. The Hall–Kier alpha value is -1.86. The van der Waals surface area contributed by atoms with Gasteiger partial charge in [0.25, 0.3) is 5.91 Å². The summed E-state index contributed by atoms with van der Waals surface area (Å²) in [5, 5.41) is 12.0. The Kier molecular flexibility index (Phi) is 5.75. The smallest absolute Gasteiger partial charge is 0.303 e. The lowest BCUT2D eigenvalue weighted by molar-refractivity contribution is -0.137. The maximum Gasteiger partial charge on any atom is 0.303 e. The van der Waals surface area contributed by atoms with Crippen LogP contribution in [0.2, 0.25) is 0 Å². The van der Waals surface area contributed by atoms with Gasteiger partial charge in [0.05, 0.1) is 4.91 Å². The summed E-state index contributed by atoms with van der Waals surface area (Å²) in [7, 11) is 0. The lowest BCUT2D eigenvalue weighted by Crippen LogP contribution is -2.29. The zero-order chi connectivity index (χ0) is 17.8. The highest BCUT2D eigenvalue weighted by Gasteiger charge is 2.33. The third-order valence-electron chi connectivity index (χ3n) is 4.37. The molecule has 1 fully saturated rings. The lowest BCUT2D eigenvalue weighted by Gasteiger charge is -2.14.